The van der Waals surface area contributed by atoms with Gasteiger partial charge in [-0.25, -0.2) is 0 Å². The highest BCUT2D eigenvalue weighted by molar-refractivity contribution is 5.97. The van der Waals surface area contributed by atoms with Crippen LogP contribution < -0.4 is 21.3 Å². The van der Waals surface area contributed by atoms with Crippen LogP contribution in [0.2, 0.25) is 0 Å². The predicted octanol–water partition coefficient (Wildman–Crippen LogP) is 3.92. The number of nitrogens with one attached hydrogen (secondary N) is 4. The molecular weight excluding hydrogens is 408 g/mol. The van der Waals surface area contributed by atoms with E-state index in [0.29, 0.717) is 41.4 Å². The van der Waals surface area contributed by atoms with E-state index in [0.717, 1.165) is 5.56 Å². The normalized spacial score (nSPS) is 10.3. The van der Waals surface area contributed by atoms with Gasteiger partial charge in [0.05, 0.1) is 19.4 Å². The van der Waals surface area contributed by atoms with Gasteiger partial charge in [-0.1, -0.05) is 13.0 Å². The van der Waals surface area contributed by atoms with E-state index in [9.17, 15) is 14.4 Å². The summed E-state index contributed by atoms with van der Waals surface area (Å²) in [6.07, 6.45) is 1.94. The SMILES string of the molecule is CCC(=O)Nc1cccc(NC(=O)CNc2ccc(C(=O)NCc3ccco3)cc2)c1C. The summed E-state index contributed by atoms with van der Waals surface area (Å²) in [6.45, 7) is 3.98. The van der Waals surface area contributed by atoms with Gasteiger partial charge in [0, 0.05) is 29.0 Å². The topological polar surface area (TPSA) is 112 Å². The molecule has 0 aliphatic heterocycles. The van der Waals surface area contributed by atoms with Crippen molar-refractivity contribution in [3.05, 3.63) is 77.7 Å². The van der Waals surface area contributed by atoms with Crippen LogP contribution in [-0.4, -0.2) is 24.3 Å². The molecule has 1 heterocycles. The lowest BCUT2D eigenvalue weighted by molar-refractivity contribution is -0.116. The molecule has 0 radical (unpaired) electrons. The highest BCUT2D eigenvalue weighted by Gasteiger charge is 2.10. The third kappa shape index (κ3) is 6.21. The first-order valence-corrected chi connectivity index (χ1v) is 10.3. The number of hydrogen-bond acceptors (Lipinski definition) is 5. The molecule has 1 aromatic heterocycles. The van der Waals surface area contributed by atoms with E-state index in [1.54, 1.807) is 67.8 Å². The van der Waals surface area contributed by atoms with Crippen LogP contribution in [0.1, 0.15) is 35.0 Å². The Balaban J connectivity index is 1.50. The van der Waals surface area contributed by atoms with Gasteiger partial charge >= 0.3 is 0 Å². The fraction of sp³-hybridized carbons (Fsp3) is 0.208. The van der Waals surface area contributed by atoms with E-state index >= 15 is 0 Å². The number of benzene rings is 2. The Bertz CT molecular complexity index is 1080. The molecule has 0 unspecified atom stereocenters. The maximum atomic E-state index is 12.4. The first-order chi connectivity index (χ1) is 15.5. The summed E-state index contributed by atoms with van der Waals surface area (Å²) in [4.78, 5) is 36.2. The molecule has 0 fully saturated rings. The van der Waals surface area contributed by atoms with Crippen molar-refractivity contribution in [3.8, 4) is 0 Å². The summed E-state index contributed by atoms with van der Waals surface area (Å²) >= 11 is 0. The molecule has 3 rings (SSSR count). The van der Waals surface area contributed by atoms with Crippen LogP contribution in [0.4, 0.5) is 17.1 Å². The highest BCUT2D eigenvalue weighted by atomic mass is 16.3. The van der Waals surface area contributed by atoms with Crippen LogP contribution in [-0.2, 0) is 16.1 Å². The fourth-order valence-electron chi connectivity index (χ4n) is 2.94. The second-order valence-corrected chi connectivity index (χ2v) is 7.12. The van der Waals surface area contributed by atoms with Crippen molar-refractivity contribution in [2.75, 3.05) is 22.5 Å². The monoisotopic (exact) mass is 434 g/mol. The number of amides is 3. The molecule has 166 valence electrons. The number of furan rings is 1. The van der Waals surface area contributed by atoms with Gasteiger partial charge in [-0.3, -0.25) is 14.4 Å². The third-order valence-corrected chi connectivity index (χ3v) is 4.81. The lowest BCUT2D eigenvalue weighted by Gasteiger charge is -2.14. The molecule has 0 spiro atoms. The lowest BCUT2D eigenvalue weighted by atomic mass is 10.1. The summed E-state index contributed by atoms with van der Waals surface area (Å²) in [5.41, 5.74) is 3.31. The van der Waals surface area contributed by atoms with Crippen molar-refractivity contribution in [2.24, 2.45) is 0 Å². The van der Waals surface area contributed by atoms with Crippen LogP contribution >= 0.6 is 0 Å². The van der Waals surface area contributed by atoms with Crippen LogP contribution in [0.25, 0.3) is 0 Å². The zero-order valence-corrected chi connectivity index (χ0v) is 18.0. The van der Waals surface area contributed by atoms with Crippen LogP contribution in [0, 0.1) is 6.92 Å². The van der Waals surface area contributed by atoms with E-state index in [1.807, 2.05) is 6.92 Å². The summed E-state index contributed by atoms with van der Waals surface area (Å²) in [5, 5.41) is 11.5. The Hall–Kier alpha value is -4.07. The van der Waals surface area contributed by atoms with E-state index < -0.39 is 0 Å². The average molecular weight is 434 g/mol. The van der Waals surface area contributed by atoms with Crippen molar-refractivity contribution in [1.82, 2.24) is 5.32 Å². The number of hydrogen-bond donors (Lipinski definition) is 4. The molecule has 8 nitrogen and oxygen atoms in total. The van der Waals surface area contributed by atoms with Gasteiger partial charge in [0.15, 0.2) is 0 Å². The van der Waals surface area contributed by atoms with E-state index in [4.69, 9.17) is 4.42 Å². The molecule has 2 aromatic carbocycles. The second kappa shape index (κ2) is 10.8. The zero-order chi connectivity index (χ0) is 22.9. The molecule has 0 aliphatic carbocycles. The number of carbonyl (C=O) groups is 3. The third-order valence-electron chi connectivity index (χ3n) is 4.81. The molecule has 0 saturated carbocycles. The van der Waals surface area contributed by atoms with Crippen LogP contribution in [0.5, 0.6) is 0 Å². The molecule has 3 aromatic rings. The summed E-state index contributed by atoms with van der Waals surface area (Å²) in [6, 6.07) is 15.7. The van der Waals surface area contributed by atoms with Crippen LogP contribution in [0.15, 0.2) is 65.3 Å². The quantitative estimate of drug-likeness (QED) is 0.408. The Kier molecular flexibility index (Phi) is 7.64. The van der Waals surface area contributed by atoms with E-state index in [1.165, 1.54) is 0 Å². The average Bonchev–Trinajstić information content (AvgIpc) is 3.32. The molecule has 0 atom stereocenters. The van der Waals surface area contributed by atoms with Crippen molar-refractivity contribution < 1.29 is 18.8 Å². The maximum Gasteiger partial charge on any atom is 0.251 e. The van der Waals surface area contributed by atoms with E-state index in [-0.39, 0.29) is 24.3 Å². The molecule has 4 N–H and O–H groups in total. The standard InChI is InChI=1S/C24H26N4O4/c1-3-22(29)27-20-7-4-8-21(16(20)2)28-23(30)15-25-18-11-9-17(10-12-18)24(31)26-14-19-6-5-13-32-19/h4-13,25H,3,14-15H2,1-2H3,(H,26,31)(H,27,29)(H,28,30). The molecule has 0 aliphatic rings. The van der Waals surface area contributed by atoms with Gasteiger partial charge < -0.3 is 25.7 Å². The summed E-state index contributed by atoms with van der Waals surface area (Å²) in [7, 11) is 0. The van der Waals surface area contributed by atoms with Gasteiger partial charge in [-0.2, -0.15) is 0 Å². The summed E-state index contributed by atoms with van der Waals surface area (Å²) in [5.74, 6) is 0.149. The van der Waals surface area contributed by atoms with Gasteiger partial charge in [0.2, 0.25) is 11.8 Å². The second-order valence-electron chi connectivity index (χ2n) is 7.12. The van der Waals surface area contributed by atoms with Gasteiger partial charge in [-0.15, -0.1) is 0 Å². The zero-order valence-electron chi connectivity index (χ0n) is 18.0. The smallest absolute Gasteiger partial charge is 0.251 e. The number of anilines is 3. The first-order valence-electron chi connectivity index (χ1n) is 10.3. The van der Waals surface area contributed by atoms with Crippen molar-refractivity contribution in [2.45, 2.75) is 26.8 Å². The number of rotatable bonds is 9. The molecule has 3 amide bonds. The van der Waals surface area contributed by atoms with Gasteiger partial charge in [-0.05, 0) is 61.0 Å². The Morgan fingerprint density at radius 3 is 2.19 bits per heavy atom. The Morgan fingerprint density at radius 2 is 1.56 bits per heavy atom. The largest absolute Gasteiger partial charge is 0.467 e. The maximum absolute atomic E-state index is 12.4. The molecule has 0 bridgehead atoms. The number of carbonyl (C=O) groups excluding carboxylic acids is 3. The molecule has 0 saturated heterocycles. The minimum Gasteiger partial charge on any atom is -0.467 e. The molecule has 8 heteroatoms. The Labute approximate surface area is 186 Å². The highest BCUT2D eigenvalue weighted by Crippen LogP contribution is 2.23. The minimum atomic E-state index is -0.229. The van der Waals surface area contributed by atoms with Gasteiger partial charge in [0.25, 0.3) is 5.91 Å². The fourth-order valence-corrected chi connectivity index (χ4v) is 2.94. The summed E-state index contributed by atoms with van der Waals surface area (Å²) < 4.78 is 5.19. The van der Waals surface area contributed by atoms with Crippen LogP contribution in [0.3, 0.4) is 0 Å². The van der Waals surface area contributed by atoms with Crippen molar-refractivity contribution in [3.63, 3.8) is 0 Å². The van der Waals surface area contributed by atoms with Crippen molar-refractivity contribution >= 4 is 34.8 Å². The first kappa shape index (κ1) is 22.6. The van der Waals surface area contributed by atoms with Crippen molar-refractivity contribution in [1.29, 1.82) is 0 Å². The molecule has 32 heavy (non-hydrogen) atoms. The Morgan fingerprint density at radius 1 is 0.875 bits per heavy atom. The lowest BCUT2D eigenvalue weighted by Crippen LogP contribution is -2.23. The van der Waals surface area contributed by atoms with E-state index in [2.05, 4.69) is 21.3 Å². The molecular formula is C24H26N4O4. The predicted molar refractivity (Wildman–Crippen MR) is 124 cm³/mol. The van der Waals surface area contributed by atoms with Gasteiger partial charge in [0.1, 0.15) is 5.76 Å². The minimum absolute atomic E-state index is 0.0506.